The third-order valence-electron chi connectivity index (χ3n) is 5.38. The van der Waals surface area contributed by atoms with Crippen molar-refractivity contribution in [2.24, 2.45) is 0 Å². The van der Waals surface area contributed by atoms with Gasteiger partial charge in [0.25, 0.3) is 11.6 Å². The molecule has 0 saturated carbocycles. The normalized spacial score (nSPS) is 10.6. The van der Waals surface area contributed by atoms with Gasteiger partial charge in [0, 0.05) is 24.2 Å². The van der Waals surface area contributed by atoms with Gasteiger partial charge in [0.05, 0.1) is 4.92 Å². The molecule has 7 heteroatoms. The van der Waals surface area contributed by atoms with Crippen LogP contribution >= 0.6 is 12.2 Å². The summed E-state index contributed by atoms with van der Waals surface area (Å²) in [6.45, 7) is 3.00. The van der Waals surface area contributed by atoms with Gasteiger partial charge in [0.1, 0.15) is 0 Å². The number of carbonyl (C=O) groups is 1. The number of thiocarbonyl (C=S) groups is 1. The Morgan fingerprint density at radius 2 is 1.29 bits per heavy atom. The first-order valence-electron chi connectivity index (χ1n) is 11.9. The summed E-state index contributed by atoms with van der Waals surface area (Å²) < 4.78 is 0. The molecule has 0 aliphatic heterocycles. The molecule has 0 heterocycles. The van der Waals surface area contributed by atoms with Crippen molar-refractivity contribution in [1.29, 1.82) is 0 Å². The van der Waals surface area contributed by atoms with E-state index in [0.29, 0.717) is 5.56 Å². The summed E-state index contributed by atoms with van der Waals surface area (Å²) in [6.07, 6.45) is 18.5. The number of non-ortho nitro benzene ring substituents is 1. The number of carbonyl (C=O) groups excluding carboxylic acids is 1. The molecule has 31 heavy (non-hydrogen) atoms. The van der Waals surface area contributed by atoms with Crippen LogP contribution in [0, 0.1) is 10.1 Å². The van der Waals surface area contributed by atoms with Gasteiger partial charge in [-0.15, -0.1) is 0 Å². The molecule has 0 atom stereocenters. The molecule has 1 aromatic carbocycles. The lowest BCUT2D eigenvalue weighted by molar-refractivity contribution is -0.384. The Morgan fingerprint density at radius 3 is 1.74 bits per heavy atom. The van der Waals surface area contributed by atoms with Gasteiger partial charge in [-0.3, -0.25) is 20.2 Å². The maximum atomic E-state index is 12.1. The molecule has 1 amide bonds. The third kappa shape index (κ3) is 13.8. The number of amides is 1. The van der Waals surface area contributed by atoms with Crippen LogP contribution in [-0.2, 0) is 0 Å². The lowest BCUT2D eigenvalue weighted by Crippen LogP contribution is -2.39. The van der Waals surface area contributed by atoms with Crippen LogP contribution in [-0.4, -0.2) is 22.5 Å². The highest BCUT2D eigenvalue weighted by Crippen LogP contribution is 2.13. The topological polar surface area (TPSA) is 84.3 Å². The van der Waals surface area contributed by atoms with Crippen molar-refractivity contribution in [1.82, 2.24) is 10.6 Å². The van der Waals surface area contributed by atoms with Crippen LogP contribution in [0.3, 0.4) is 0 Å². The molecule has 1 aromatic rings. The van der Waals surface area contributed by atoms with E-state index < -0.39 is 4.92 Å². The van der Waals surface area contributed by atoms with Gasteiger partial charge in [-0.25, -0.2) is 0 Å². The van der Waals surface area contributed by atoms with Crippen molar-refractivity contribution in [2.75, 3.05) is 6.54 Å². The Kier molecular flexibility index (Phi) is 15.4. The zero-order valence-electron chi connectivity index (χ0n) is 19.0. The van der Waals surface area contributed by atoms with Crippen molar-refractivity contribution in [3.8, 4) is 0 Å². The monoisotopic (exact) mass is 449 g/mol. The molecule has 1 rings (SSSR count). The summed E-state index contributed by atoms with van der Waals surface area (Å²) >= 11 is 5.15. The molecule has 2 N–H and O–H groups in total. The van der Waals surface area contributed by atoms with E-state index in [1.165, 1.54) is 101 Å². The minimum absolute atomic E-state index is 0.0462. The molecule has 0 aromatic heterocycles. The quantitative estimate of drug-likeness (QED) is 0.120. The maximum Gasteiger partial charge on any atom is 0.269 e. The van der Waals surface area contributed by atoms with Gasteiger partial charge < -0.3 is 5.32 Å². The second-order valence-corrected chi connectivity index (χ2v) is 8.52. The van der Waals surface area contributed by atoms with E-state index in [4.69, 9.17) is 12.2 Å². The first-order chi connectivity index (χ1) is 15.0. The van der Waals surface area contributed by atoms with E-state index >= 15 is 0 Å². The largest absolute Gasteiger partial charge is 0.362 e. The SMILES string of the molecule is CCCCCCCCCCCCCCCCNC(=S)NC(=O)c1ccc([N+](=O)[O-])cc1. The molecule has 0 spiro atoms. The molecular formula is C24H39N3O3S. The van der Waals surface area contributed by atoms with Crippen LogP contribution in [0.4, 0.5) is 5.69 Å². The number of nitro benzene ring substituents is 1. The van der Waals surface area contributed by atoms with Crippen LogP contribution in [0.1, 0.15) is 107 Å². The van der Waals surface area contributed by atoms with Gasteiger partial charge in [0.15, 0.2) is 5.11 Å². The summed E-state index contributed by atoms with van der Waals surface area (Å²) in [7, 11) is 0. The molecule has 0 aliphatic carbocycles. The maximum absolute atomic E-state index is 12.1. The van der Waals surface area contributed by atoms with Crippen LogP contribution < -0.4 is 10.6 Å². The fourth-order valence-electron chi connectivity index (χ4n) is 3.48. The number of rotatable bonds is 17. The van der Waals surface area contributed by atoms with E-state index in [-0.39, 0.29) is 16.7 Å². The molecule has 0 fully saturated rings. The molecular weight excluding hydrogens is 410 g/mol. The Morgan fingerprint density at radius 1 is 0.839 bits per heavy atom. The van der Waals surface area contributed by atoms with E-state index in [0.717, 1.165) is 19.4 Å². The lowest BCUT2D eigenvalue weighted by atomic mass is 10.0. The number of benzene rings is 1. The number of unbranched alkanes of at least 4 members (excludes halogenated alkanes) is 13. The summed E-state index contributed by atoms with van der Waals surface area (Å²) in [5, 5.41) is 16.6. The molecule has 0 radical (unpaired) electrons. The van der Waals surface area contributed by atoms with E-state index in [2.05, 4.69) is 17.6 Å². The Hall–Kier alpha value is -2.02. The van der Waals surface area contributed by atoms with Gasteiger partial charge in [-0.05, 0) is 30.8 Å². The summed E-state index contributed by atoms with van der Waals surface area (Å²) in [4.78, 5) is 22.2. The highest BCUT2D eigenvalue weighted by atomic mass is 32.1. The van der Waals surface area contributed by atoms with Crippen molar-refractivity contribution >= 4 is 28.9 Å². The third-order valence-corrected chi connectivity index (χ3v) is 5.63. The smallest absolute Gasteiger partial charge is 0.269 e. The Bertz CT molecular complexity index is 650. The van der Waals surface area contributed by atoms with Crippen LogP contribution in [0.15, 0.2) is 24.3 Å². The fraction of sp³-hybridized carbons (Fsp3) is 0.667. The summed E-state index contributed by atoms with van der Waals surface area (Å²) in [5.74, 6) is -0.367. The van der Waals surface area contributed by atoms with Crippen molar-refractivity contribution in [3.63, 3.8) is 0 Å². The van der Waals surface area contributed by atoms with Crippen molar-refractivity contribution in [3.05, 3.63) is 39.9 Å². The van der Waals surface area contributed by atoms with Crippen molar-refractivity contribution in [2.45, 2.75) is 96.8 Å². The number of hydrogen-bond donors (Lipinski definition) is 2. The fourth-order valence-corrected chi connectivity index (χ4v) is 3.67. The zero-order valence-corrected chi connectivity index (χ0v) is 19.8. The van der Waals surface area contributed by atoms with Crippen LogP contribution in [0.2, 0.25) is 0 Å². The van der Waals surface area contributed by atoms with Gasteiger partial charge in [0.2, 0.25) is 0 Å². The molecule has 0 aliphatic rings. The predicted octanol–water partition coefficient (Wildman–Crippen LogP) is 6.68. The highest BCUT2D eigenvalue weighted by molar-refractivity contribution is 7.80. The van der Waals surface area contributed by atoms with Gasteiger partial charge in [-0.1, -0.05) is 90.4 Å². The van der Waals surface area contributed by atoms with E-state index in [1.54, 1.807) is 0 Å². The average molecular weight is 450 g/mol. The number of nitro groups is 1. The molecule has 6 nitrogen and oxygen atoms in total. The van der Waals surface area contributed by atoms with Crippen molar-refractivity contribution < 1.29 is 9.72 Å². The Labute approximate surface area is 192 Å². The standard InChI is InChI=1S/C24H39N3O3S/c1-2-3-4-5-6-7-8-9-10-11-12-13-14-15-20-25-24(31)26-23(28)21-16-18-22(19-17-21)27(29)30/h16-19H,2-15,20H2,1H3,(H2,25,26,28,31). The van der Waals surface area contributed by atoms with E-state index in [1.807, 2.05) is 0 Å². The Balaban J connectivity index is 1.94. The predicted molar refractivity (Wildman–Crippen MR) is 131 cm³/mol. The highest BCUT2D eigenvalue weighted by Gasteiger charge is 2.10. The number of nitrogens with zero attached hydrogens (tertiary/aromatic N) is 1. The van der Waals surface area contributed by atoms with Gasteiger partial charge in [-0.2, -0.15) is 0 Å². The first kappa shape index (κ1) is 27.0. The average Bonchev–Trinajstić information content (AvgIpc) is 2.76. The number of hydrogen-bond acceptors (Lipinski definition) is 4. The molecule has 0 bridgehead atoms. The lowest BCUT2D eigenvalue weighted by Gasteiger charge is -2.09. The zero-order chi connectivity index (χ0) is 22.7. The second-order valence-electron chi connectivity index (χ2n) is 8.11. The summed E-state index contributed by atoms with van der Waals surface area (Å²) in [6, 6.07) is 5.45. The van der Waals surface area contributed by atoms with Gasteiger partial charge >= 0.3 is 0 Å². The van der Waals surface area contributed by atoms with Crippen LogP contribution in [0.5, 0.6) is 0 Å². The minimum atomic E-state index is -0.496. The minimum Gasteiger partial charge on any atom is -0.362 e. The summed E-state index contributed by atoms with van der Waals surface area (Å²) in [5.41, 5.74) is 0.293. The molecule has 0 saturated heterocycles. The molecule has 174 valence electrons. The second kappa shape index (κ2) is 17.6. The van der Waals surface area contributed by atoms with Crippen LogP contribution in [0.25, 0.3) is 0 Å². The number of nitrogens with one attached hydrogen (secondary N) is 2. The first-order valence-corrected chi connectivity index (χ1v) is 12.3. The van der Waals surface area contributed by atoms with E-state index in [9.17, 15) is 14.9 Å². The molecule has 0 unspecified atom stereocenters.